The number of anilines is 2. The first-order valence-electron chi connectivity index (χ1n) is 10.5. The molecule has 0 saturated carbocycles. The molecular formula is C23H27N5O3. The molecule has 0 unspecified atom stereocenters. The molecule has 1 aromatic heterocycles. The Morgan fingerprint density at radius 3 is 2.65 bits per heavy atom. The van der Waals surface area contributed by atoms with E-state index in [9.17, 15) is 4.79 Å². The molecule has 2 heterocycles. The third kappa shape index (κ3) is 4.79. The average molecular weight is 422 g/mol. The summed E-state index contributed by atoms with van der Waals surface area (Å²) in [6.45, 7) is 1.11. The third-order valence-corrected chi connectivity index (χ3v) is 5.31. The van der Waals surface area contributed by atoms with Gasteiger partial charge in [-0.05, 0) is 37.1 Å². The highest BCUT2D eigenvalue weighted by Gasteiger charge is 2.22. The fourth-order valence-corrected chi connectivity index (χ4v) is 3.71. The van der Waals surface area contributed by atoms with Crippen molar-refractivity contribution < 1.29 is 14.3 Å². The van der Waals surface area contributed by atoms with Crippen molar-refractivity contribution in [1.82, 2.24) is 14.8 Å². The molecule has 162 valence electrons. The predicted octanol–water partition coefficient (Wildman–Crippen LogP) is 4.26. The molecule has 0 atom stereocenters. The summed E-state index contributed by atoms with van der Waals surface area (Å²) in [7, 11) is 3.16. The van der Waals surface area contributed by atoms with E-state index in [1.165, 1.54) is 6.42 Å². The normalized spacial score (nSPS) is 13.1. The summed E-state index contributed by atoms with van der Waals surface area (Å²) in [6.07, 6.45) is 4.33. The minimum Gasteiger partial charge on any atom is -0.493 e. The number of aryl methyl sites for hydroxylation is 2. The highest BCUT2D eigenvalue weighted by molar-refractivity contribution is 6.01. The highest BCUT2D eigenvalue weighted by atomic mass is 16.5. The fraction of sp³-hybridized carbons (Fsp3) is 0.348. The maximum absolute atomic E-state index is 13.3. The Morgan fingerprint density at radius 2 is 1.87 bits per heavy atom. The largest absolute Gasteiger partial charge is 0.493 e. The van der Waals surface area contributed by atoms with E-state index in [0.717, 1.165) is 31.6 Å². The number of nitrogens with zero attached hydrogens (tertiary/aromatic N) is 4. The first kappa shape index (κ1) is 20.7. The number of fused-ring (bicyclic) bond motifs is 1. The second kappa shape index (κ2) is 9.51. The standard InChI is InChI=1S/C23H27N5O3/c1-30-19-13-12-18(15-20(19)31-2)27(23(29)24-17-9-5-3-6-10-17)16-21-25-22-11-7-4-8-14-28(22)26-21/h3,5-6,9-10,12-13,15H,4,7-8,11,14,16H2,1-2H3,(H,24,29). The van der Waals surface area contributed by atoms with Crippen molar-refractivity contribution in [2.75, 3.05) is 24.4 Å². The number of benzene rings is 2. The minimum absolute atomic E-state index is 0.244. The Hall–Kier alpha value is -3.55. The van der Waals surface area contributed by atoms with Crippen molar-refractivity contribution in [3.8, 4) is 11.5 Å². The summed E-state index contributed by atoms with van der Waals surface area (Å²) in [5, 5.41) is 7.62. The molecule has 31 heavy (non-hydrogen) atoms. The Balaban J connectivity index is 1.64. The van der Waals surface area contributed by atoms with Gasteiger partial charge in [0.2, 0.25) is 0 Å². The van der Waals surface area contributed by atoms with E-state index in [0.29, 0.717) is 28.7 Å². The summed E-state index contributed by atoms with van der Waals surface area (Å²) in [4.78, 5) is 19.6. The van der Waals surface area contributed by atoms with E-state index < -0.39 is 0 Å². The predicted molar refractivity (Wildman–Crippen MR) is 119 cm³/mol. The second-order valence-corrected chi connectivity index (χ2v) is 7.40. The van der Waals surface area contributed by atoms with Gasteiger partial charge in [-0.2, -0.15) is 5.10 Å². The quantitative estimate of drug-likeness (QED) is 0.643. The Labute approximate surface area is 181 Å². The molecule has 3 aromatic rings. The minimum atomic E-state index is -0.275. The SMILES string of the molecule is COc1ccc(N(Cc2nc3n(n2)CCCCC3)C(=O)Nc2ccccc2)cc1OC. The Morgan fingerprint density at radius 1 is 1.06 bits per heavy atom. The summed E-state index contributed by atoms with van der Waals surface area (Å²) in [5.41, 5.74) is 1.38. The molecule has 4 rings (SSSR count). The van der Waals surface area contributed by atoms with Crippen molar-refractivity contribution in [3.63, 3.8) is 0 Å². The molecule has 1 aliphatic heterocycles. The van der Waals surface area contributed by atoms with Gasteiger partial charge in [-0.1, -0.05) is 24.6 Å². The van der Waals surface area contributed by atoms with Gasteiger partial charge in [0, 0.05) is 30.4 Å². The molecular weight excluding hydrogens is 394 g/mol. The van der Waals surface area contributed by atoms with Gasteiger partial charge in [0.15, 0.2) is 17.3 Å². The summed E-state index contributed by atoms with van der Waals surface area (Å²) in [6, 6.07) is 14.5. The van der Waals surface area contributed by atoms with Crippen molar-refractivity contribution in [2.45, 2.75) is 38.8 Å². The van der Waals surface area contributed by atoms with E-state index in [1.807, 2.05) is 41.1 Å². The zero-order valence-electron chi connectivity index (χ0n) is 17.9. The summed E-state index contributed by atoms with van der Waals surface area (Å²) >= 11 is 0. The number of methoxy groups -OCH3 is 2. The third-order valence-electron chi connectivity index (χ3n) is 5.31. The van der Waals surface area contributed by atoms with Gasteiger partial charge in [0.1, 0.15) is 5.82 Å². The van der Waals surface area contributed by atoms with Crippen LogP contribution in [-0.2, 0) is 19.5 Å². The summed E-state index contributed by atoms with van der Waals surface area (Å²) in [5.74, 6) is 2.76. The number of urea groups is 1. The lowest BCUT2D eigenvalue weighted by Gasteiger charge is -2.23. The molecule has 2 amide bonds. The number of rotatable bonds is 6. The van der Waals surface area contributed by atoms with Crippen LogP contribution < -0.4 is 19.7 Å². The van der Waals surface area contributed by atoms with E-state index in [2.05, 4.69) is 10.4 Å². The lowest BCUT2D eigenvalue weighted by Crippen LogP contribution is -2.35. The monoisotopic (exact) mass is 421 g/mol. The summed E-state index contributed by atoms with van der Waals surface area (Å²) < 4.78 is 12.8. The number of para-hydroxylation sites is 1. The maximum Gasteiger partial charge on any atom is 0.326 e. The number of hydrogen-bond donors (Lipinski definition) is 1. The van der Waals surface area contributed by atoms with Crippen LogP contribution in [0.3, 0.4) is 0 Å². The number of aromatic nitrogens is 3. The van der Waals surface area contributed by atoms with Crippen molar-refractivity contribution in [1.29, 1.82) is 0 Å². The van der Waals surface area contributed by atoms with E-state index in [1.54, 1.807) is 31.3 Å². The molecule has 8 heteroatoms. The molecule has 0 radical (unpaired) electrons. The number of carbonyl (C=O) groups excluding carboxylic acids is 1. The molecule has 2 aromatic carbocycles. The van der Waals surface area contributed by atoms with E-state index in [4.69, 9.17) is 14.5 Å². The Bertz CT molecular complexity index is 1010. The molecule has 0 saturated heterocycles. The van der Waals surface area contributed by atoms with Crippen molar-refractivity contribution >= 4 is 17.4 Å². The van der Waals surface area contributed by atoms with Gasteiger partial charge >= 0.3 is 6.03 Å². The van der Waals surface area contributed by atoms with Crippen molar-refractivity contribution in [2.24, 2.45) is 0 Å². The first-order valence-corrected chi connectivity index (χ1v) is 10.5. The van der Waals surface area contributed by atoms with Gasteiger partial charge in [0.25, 0.3) is 0 Å². The zero-order chi connectivity index (χ0) is 21.6. The van der Waals surface area contributed by atoms with E-state index in [-0.39, 0.29) is 12.6 Å². The smallest absolute Gasteiger partial charge is 0.326 e. The molecule has 0 spiro atoms. The van der Waals surface area contributed by atoms with Gasteiger partial charge in [-0.15, -0.1) is 0 Å². The lowest BCUT2D eigenvalue weighted by atomic mass is 10.2. The van der Waals surface area contributed by atoms with Crippen LogP contribution in [0.5, 0.6) is 11.5 Å². The van der Waals surface area contributed by atoms with Gasteiger partial charge < -0.3 is 14.8 Å². The number of ether oxygens (including phenoxy) is 2. The number of carbonyl (C=O) groups is 1. The molecule has 1 N–H and O–H groups in total. The fourth-order valence-electron chi connectivity index (χ4n) is 3.71. The number of amides is 2. The van der Waals surface area contributed by atoms with Crippen LogP contribution in [0.1, 0.15) is 30.9 Å². The molecule has 0 aliphatic carbocycles. The van der Waals surface area contributed by atoms with Crippen LogP contribution in [0.25, 0.3) is 0 Å². The van der Waals surface area contributed by atoms with Crippen LogP contribution in [0.2, 0.25) is 0 Å². The first-order chi connectivity index (χ1) is 15.2. The lowest BCUT2D eigenvalue weighted by molar-refractivity contribution is 0.256. The molecule has 0 fully saturated rings. The molecule has 8 nitrogen and oxygen atoms in total. The maximum atomic E-state index is 13.3. The van der Waals surface area contributed by atoms with Crippen LogP contribution >= 0.6 is 0 Å². The van der Waals surface area contributed by atoms with Crippen LogP contribution in [0.15, 0.2) is 48.5 Å². The van der Waals surface area contributed by atoms with Crippen molar-refractivity contribution in [3.05, 3.63) is 60.2 Å². The van der Waals surface area contributed by atoms with Gasteiger partial charge in [0.05, 0.1) is 20.8 Å². The van der Waals surface area contributed by atoms with Crippen LogP contribution in [0, 0.1) is 0 Å². The van der Waals surface area contributed by atoms with Crippen LogP contribution in [0.4, 0.5) is 16.2 Å². The van der Waals surface area contributed by atoms with Crippen LogP contribution in [-0.4, -0.2) is 35.0 Å². The van der Waals surface area contributed by atoms with Gasteiger partial charge in [-0.25, -0.2) is 14.5 Å². The molecule has 0 bridgehead atoms. The van der Waals surface area contributed by atoms with E-state index >= 15 is 0 Å². The number of nitrogens with one attached hydrogen (secondary N) is 1. The number of hydrogen-bond acceptors (Lipinski definition) is 5. The highest BCUT2D eigenvalue weighted by Crippen LogP contribution is 2.32. The van der Waals surface area contributed by atoms with Gasteiger partial charge in [-0.3, -0.25) is 4.90 Å². The Kier molecular flexibility index (Phi) is 6.35. The second-order valence-electron chi connectivity index (χ2n) is 7.40. The topological polar surface area (TPSA) is 81.5 Å². The zero-order valence-corrected chi connectivity index (χ0v) is 17.9. The average Bonchev–Trinajstić information content (AvgIpc) is 3.05. The molecule has 1 aliphatic rings.